The molecule has 0 aromatic carbocycles. The van der Waals surface area contributed by atoms with Gasteiger partial charge in [0.1, 0.15) is 6.54 Å². The fraction of sp³-hybridized carbons (Fsp3) is 0.636. The number of ether oxygens (including phenoxy) is 1. The zero-order valence-corrected chi connectivity index (χ0v) is 10.9. The van der Waals surface area contributed by atoms with Gasteiger partial charge in [-0.05, 0) is 13.8 Å². The van der Waals surface area contributed by atoms with E-state index in [0.29, 0.717) is 19.8 Å². The van der Waals surface area contributed by atoms with Gasteiger partial charge in [0, 0.05) is 6.54 Å². The second-order valence-electron chi connectivity index (χ2n) is 5.02. The molecule has 1 aliphatic rings. The van der Waals surface area contributed by atoms with E-state index in [9.17, 15) is 9.59 Å². The molecule has 0 radical (unpaired) electrons. The van der Waals surface area contributed by atoms with Crippen LogP contribution in [0.15, 0.2) is 6.20 Å². The largest absolute Gasteiger partial charge is 0.476 e. The van der Waals surface area contributed by atoms with Crippen molar-refractivity contribution in [2.75, 3.05) is 19.8 Å². The third-order valence-electron chi connectivity index (χ3n) is 3.00. The third-order valence-corrected chi connectivity index (χ3v) is 3.00. The number of carbonyl (C=O) groups is 2. The first-order valence-corrected chi connectivity index (χ1v) is 5.92. The van der Waals surface area contributed by atoms with Gasteiger partial charge in [0.15, 0.2) is 5.69 Å². The van der Waals surface area contributed by atoms with Crippen LogP contribution in [0.2, 0.25) is 0 Å². The Hall–Kier alpha value is -1.96. The SMILES string of the molecule is CC1(C)COCCN1C(=O)Cn1cc(C(=O)O)nn1. The molecule has 2 heterocycles. The molecule has 0 aliphatic carbocycles. The number of amides is 1. The number of rotatable bonds is 3. The number of aromatic nitrogens is 3. The summed E-state index contributed by atoms with van der Waals surface area (Å²) in [7, 11) is 0. The average Bonchev–Trinajstić information content (AvgIpc) is 2.76. The average molecular weight is 268 g/mol. The Morgan fingerprint density at radius 3 is 2.84 bits per heavy atom. The van der Waals surface area contributed by atoms with Crippen molar-refractivity contribution in [1.82, 2.24) is 19.9 Å². The molecule has 0 bridgehead atoms. The summed E-state index contributed by atoms with van der Waals surface area (Å²) in [5.74, 6) is -1.29. The van der Waals surface area contributed by atoms with Gasteiger partial charge in [-0.25, -0.2) is 9.48 Å². The van der Waals surface area contributed by atoms with Gasteiger partial charge in [0.2, 0.25) is 5.91 Å². The molecule has 1 aromatic heterocycles. The summed E-state index contributed by atoms with van der Waals surface area (Å²) in [6, 6.07) is 0. The molecule has 1 amide bonds. The van der Waals surface area contributed by atoms with E-state index in [1.54, 1.807) is 4.90 Å². The molecule has 0 saturated carbocycles. The van der Waals surface area contributed by atoms with E-state index >= 15 is 0 Å². The molecular formula is C11H16N4O4. The summed E-state index contributed by atoms with van der Waals surface area (Å²) in [6.45, 7) is 5.33. The Labute approximate surface area is 109 Å². The lowest BCUT2D eigenvalue weighted by Crippen LogP contribution is -2.56. The van der Waals surface area contributed by atoms with Crippen molar-refractivity contribution >= 4 is 11.9 Å². The van der Waals surface area contributed by atoms with E-state index < -0.39 is 5.97 Å². The molecule has 1 N–H and O–H groups in total. The molecule has 1 saturated heterocycles. The molecule has 0 spiro atoms. The van der Waals surface area contributed by atoms with E-state index in [4.69, 9.17) is 9.84 Å². The number of carboxylic acids is 1. The van der Waals surface area contributed by atoms with Gasteiger partial charge in [-0.3, -0.25) is 4.79 Å². The Bertz CT molecular complexity index is 497. The number of hydrogen-bond acceptors (Lipinski definition) is 5. The van der Waals surface area contributed by atoms with E-state index in [2.05, 4.69) is 10.3 Å². The molecular weight excluding hydrogens is 252 g/mol. The topological polar surface area (TPSA) is 97.5 Å². The molecule has 8 heteroatoms. The van der Waals surface area contributed by atoms with Crippen molar-refractivity contribution < 1.29 is 19.4 Å². The van der Waals surface area contributed by atoms with Crippen LogP contribution in [0.5, 0.6) is 0 Å². The molecule has 0 unspecified atom stereocenters. The van der Waals surface area contributed by atoms with Crippen LogP contribution in [0, 0.1) is 0 Å². The van der Waals surface area contributed by atoms with Crippen LogP contribution < -0.4 is 0 Å². The molecule has 104 valence electrons. The summed E-state index contributed by atoms with van der Waals surface area (Å²) in [5.41, 5.74) is -0.542. The maximum atomic E-state index is 12.2. The van der Waals surface area contributed by atoms with E-state index in [0.717, 1.165) is 0 Å². The van der Waals surface area contributed by atoms with Crippen LogP contribution in [0.25, 0.3) is 0 Å². The Morgan fingerprint density at radius 1 is 1.53 bits per heavy atom. The first kappa shape index (κ1) is 13.5. The summed E-state index contributed by atoms with van der Waals surface area (Å²) in [6.07, 6.45) is 1.24. The van der Waals surface area contributed by atoms with Crippen molar-refractivity contribution in [1.29, 1.82) is 0 Å². The smallest absolute Gasteiger partial charge is 0.358 e. The lowest BCUT2D eigenvalue weighted by atomic mass is 10.0. The quantitative estimate of drug-likeness (QED) is 0.802. The number of aromatic carboxylic acids is 1. The van der Waals surface area contributed by atoms with E-state index in [1.807, 2.05) is 13.8 Å². The Balaban J connectivity index is 2.05. The summed E-state index contributed by atoms with van der Waals surface area (Å²) >= 11 is 0. The fourth-order valence-corrected chi connectivity index (χ4v) is 2.02. The van der Waals surface area contributed by atoms with Gasteiger partial charge in [0.25, 0.3) is 0 Å². The molecule has 2 rings (SSSR count). The predicted octanol–water partition coefficient (Wildman–Crippen LogP) is -0.386. The monoisotopic (exact) mass is 268 g/mol. The van der Waals surface area contributed by atoms with Crippen LogP contribution >= 0.6 is 0 Å². The molecule has 1 fully saturated rings. The van der Waals surface area contributed by atoms with Crippen molar-refractivity contribution in [3.05, 3.63) is 11.9 Å². The van der Waals surface area contributed by atoms with Gasteiger partial charge < -0.3 is 14.7 Å². The number of hydrogen-bond donors (Lipinski definition) is 1. The second kappa shape index (κ2) is 4.96. The second-order valence-corrected chi connectivity index (χ2v) is 5.02. The highest BCUT2D eigenvalue weighted by Gasteiger charge is 2.34. The zero-order chi connectivity index (χ0) is 14.0. The third kappa shape index (κ3) is 2.90. The normalized spacial score (nSPS) is 18.3. The van der Waals surface area contributed by atoms with Gasteiger partial charge >= 0.3 is 5.97 Å². The Morgan fingerprint density at radius 2 is 2.26 bits per heavy atom. The molecule has 1 aromatic rings. The number of nitrogens with zero attached hydrogens (tertiary/aromatic N) is 4. The lowest BCUT2D eigenvalue weighted by molar-refractivity contribution is -0.147. The van der Waals surface area contributed by atoms with Gasteiger partial charge in [0.05, 0.1) is 24.9 Å². The van der Waals surface area contributed by atoms with Crippen molar-refractivity contribution in [2.45, 2.75) is 25.9 Å². The first-order valence-electron chi connectivity index (χ1n) is 5.92. The van der Waals surface area contributed by atoms with Crippen LogP contribution in [-0.2, 0) is 16.1 Å². The van der Waals surface area contributed by atoms with Crippen LogP contribution in [0.4, 0.5) is 0 Å². The maximum Gasteiger partial charge on any atom is 0.358 e. The van der Waals surface area contributed by atoms with Crippen molar-refractivity contribution in [2.24, 2.45) is 0 Å². The molecule has 8 nitrogen and oxygen atoms in total. The fourth-order valence-electron chi connectivity index (χ4n) is 2.02. The zero-order valence-electron chi connectivity index (χ0n) is 10.9. The molecule has 0 atom stereocenters. The minimum Gasteiger partial charge on any atom is -0.476 e. The summed E-state index contributed by atoms with van der Waals surface area (Å²) in [4.78, 5) is 24.6. The van der Waals surface area contributed by atoms with Crippen LogP contribution in [0.3, 0.4) is 0 Å². The number of morpholine rings is 1. The Kier molecular flexibility index (Phi) is 3.52. The molecule has 19 heavy (non-hydrogen) atoms. The van der Waals surface area contributed by atoms with Gasteiger partial charge in [-0.2, -0.15) is 0 Å². The highest BCUT2D eigenvalue weighted by Crippen LogP contribution is 2.19. The number of carbonyl (C=O) groups excluding carboxylic acids is 1. The van der Waals surface area contributed by atoms with Gasteiger partial charge in [-0.1, -0.05) is 5.21 Å². The lowest BCUT2D eigenvalue weighted by Gasteiger charge is -2.42. The number of carboxylic acid groups (broad SMARTS) is 1. The highest BCUT2D eigenvalue weighted by molar-refractivity contribution is 5.84. The summed E-state index contributed by atoms with van der Waals surface area (Å²) in [5, 5.41) is 15.8. The molecule has 1 aliphatic heterocycles. The standard InChI is InChI=1S/C11H16N4O4/c1-11(2)7-19-4-3-15(11)9(16)6-14-5-8(10(17)18)12-13-14/h5H,3-4,6-7H2,1-2H3,(H,17,18). The van der Waals surface area contributed by atoms with E-state index in [1.165, 1.54) is 10.9 Å². The minimum absolute atomic E-state index is 0.0241. The first-order chi connectivity index (χ1) is 8.90. The van der Waals surface area contributed by atoms with E-state index in [-0.39, 0.29) is 23.7 Å². The summed E-state index contributed by atoms with van der Waals surface area (Å²) < 4.78 is 6.58. The highest BCUT2D eigenvalue weighted by atomic mass is 16.5. The predicted molar refractivity (Wildman–Crippen MR) is 63.6 cm³/mol. The van der Waals surface area contributed by atoms with Crippen LogP contribution in [0.1, 0.15) is 24.3 Å². The maximum absolute atomic E-state index is 12.2. The van der Waals surface area contributed by atoms with Crippen molar-refractivity contribution in [3.8, 4) is 0 Å². The van der Waals surface area contributed by atoms with Gasteiger partial charge in [-0.15, -0.1) is 5.10 Å². The van der Waals surface area contributed by atoms with Crippen LogP contribution in [-0.4, -0.2) is 62.2 Å². The van der Waals surface area contributed by atoms with Crippen molar-refractivity contribution in [3.63, 3.8) is 0 Å². The minimum atomic E-state index is -1.16.